The maximum absolute atomic E-state index is 12.8. The maximum Gasteiger partial charge on any atom is 0.387 e. The Labute approximate surface area is 200 Å². The molecular weight excluding hydrogens is 523 g/mol. The van der Waals surface area contributed by atoms with E-state index in [2.05, 4.69) is 20.4 Å². The highest BCUT2D eigenvalue weighted by Gasteiger charge is 2.16. The van der Waals surface area contributed by atoms with E-state index in [1.165, 1.54) is 0 Å². The number of aliphatic imine (C=N–C) groups is 1. The van der Waals surface area contributed by atoms with E-state index in [4.69, 9.17) is 9.47 Å². The number of esters is 1. The number of alkyl halides is 2. The van der Waals surface area contributed by atoms with Gasteiger partial charge in [-0.2, -0.15) is 8.78 Å². The standard InChI is InChI=1S/C21H33F2N3O4.HI/c1-4-28-17-12-10-11-16(19(17)30-20(22)23)15-26-21(24-3)25-14-9-7-6-8-13-18(27)29-5-2;/h10-12,20H,4-9,13-15H2,1-3H3,(H2,24,25,26);1H. The molecule has 0 amide bonds. The van der Waals surface area contributed by atoms with E-state index in [0.29, 0.717) is 37.7 Å². The number of nitrogens with zero attached hydrogens (tertiary/aromatic N) is 1. The monoisotopic (exact) mass is 557 g/mol. The van der Waals surface area contributed by atoms with Crippen LogP contribution in [-0.2, 0) is 16.1 Å². The van der Waals surface area contributed by atoms with Crippen LogP contribution in [0.25, 0.3) is 0 Å². The summed E-state index contributed by atoms with van der Waals surface area (Å²) in [5, 5.41) is 6.28. The summed E-state index contributed by atoms with van der Waals surface area (Å²) in [6.07, 6.45) is 4.11. The van der Waals surface area contributed by atoms with Gasteiger partial charge in [0.05, 0.1) is 13.2 Å². The number of halogens is 3. The summed E-state index contributed by atoms with van der Waals surface area (Å²) in [4.78, 5) is 15.4. The Hall–Kier alpha value is -1.85. The van der Waals surface area contributed by atoms with Gasteiger partial charge in [0.25, 0.3) is 0 Å². The normalized spacial score (nSPS) is 11.0. The second-order valence-electron chi connectivity index (χ2n) is 6.38. The van der Waals surface area contributed by atoms with Gasteiger partial charge in [0.2, 0.25) is 0 Å². The highest BCUT2D eigenvalue weighted by atomic mass is 127. The molecule has 0 aliphatic carbocycles. The molecule has 0 aromatic heterocycles. The highest BCUT2D eigenvalue weighted by molar-refractivity contribution is 14.0. The van der Waals surface area contributed by atoms with E-state index in [1.807, 2.05) is 0 Å². The van der Waals surface area contributed by atoms with Crippen molar-refractivity contribution in [2.75, 3.05) is 26.8 Å². The Morgan fingerprint density at radius 3 is 2.48 bits per heavy atom. The van der Waals surface area contributed by atoms with Gasteiger partial charge in [-0.25, -0.2) is 0 Å². The third-order valence-corrected chi connectivity index (χ3v) is 4.14. The van der Waals surface area contributed by atoms with Crippen LogP contribution in [0.4, 0.5) is 8.78 Å². The van der Waals surface area contributed by atoms with Crippen LogP contribution in [0, 0.1) is 0 Å². The van der Waals surface area contributed by atoms with Gasteiger partial charge in [0.15, 0.2) is 17.5 Å². The molecule has 0 bridgehead atoms. The molecule has 2 N–H and O–H groups in total. The Morgan fingerprint density at radius 1 is 1.10 bits per heavy atom. The van der Waals surface area contributed by atoms with Crippen LogP contribution in [-0.4, -0.2) is 45.3 Å². The van der Waals surface area contributed by atoms with E-state index < -0.39 is 6.61 Å². The van der Waals surface area contributed by atoms with Crippen LogP contribution >= 0.6 is 24.0 Å². The van der Waals surface area contributed by atoms with Gasteiger partial charge in [0.1, 0.15) is 0 Å². The zero-order valence-electron chi connectivity index (χ0n) is 18.4. The van der Waals surface area contributed by atoms with Crippen LogP contribution < -0.4 is 20.1 Å². The van der Waals surface area contributed by atoms with Gasteiger partial charge in [-0.1, -0.05) is 25.0 Å². The van der Waals surface area contributed by atoms with Crippen molar-refractivity contribution in [1.29, 1.82) is 0 Å². The fourth-order valence-electron chi connectivity index (χ4n) is 2.78. The number of ether oxygens (including phenoxy) is 3. The van der Waals surface area contributed by atoms with E-state index in [-0.39, 0.29) is 48.0 Å². The van der Waals surface area contributed by atoms with E-state index in [9.17, 15) is 13.6 Å². The molecule has 0 radical (unpaired) electrons. The zero-order chi connectivity index (χ0) is 22.2. The second kappa shape index (κ2) is 17.8. The molecule has 0 spiro atoms. The molecule has 10 heteroatoms. The van der Waals surface area contributed by atoms with Gasteiger partial charge < -0.3 is 24.8 Å². The second-order valence-corrected chi connectivity index (χ2v) is 6.38. The van der Waals surface area contributed by atoms with E-state index in [0.717, 1.165) is 25.7 Å². The van der Waals surface area contributed by atoms with Crippen molar-refractivity contribution in [2.45, 2.75) is 59.1 Å². The Bertz CT molecular complexity index is 664. The lowest BCUT2D eigenvalue weighted by Crippen LogP contribution is -2.37. The Kier molecular flexibility index (Phi) is 16.7. The van der Waals surface area contributed by atoms with Crippen LogP contribution in [0.3, 0.4) is 0 Å². The summed E-state index contributed by atoms with van der Waals surface area (Å²) >= 11 is 0. The Morgan fingerprint density at radius 2 is 1.84 bits per heavy atom. The molecule has 0 aliphatic heterocycles. The quantitative estimate of drug-likeness (QED) is 0.116. The number of rotatable bonds is 14. The lowest BCUT2D eigenvalue weighted by molar-refractivity contribution is -0.143. The summed E-state index contributed by atoms with van der Waals surface area (Å²) in [7, 11) is 1.64. The number of hydrogen-bond acceptors (Lipinski definition) is 5. The minimum Gasteiger partial charge on any atom is -0.490 e. The number of benzene rings is 1. The van der Waals surface area contributed by atoms with Crippen molar-refractivity contribution in [3.63, 3.8) is 0 Å². The fourth-order valence-corrected chi connectivity index (χ4v) is 2.78. The number of carbonyl (C=O) groups excluding carboxylic acids is 1. The molecule has 0 heterocycles. The first-order chi connectivity index (χ1) is 14.5. The van der Waals surface area contributed by atoms with Crippen LogP contribution in [0.15, 0.2) is 23.2 Å². The number of unbranched alkanes of at least 4 members (excludes halogenated alkanes) is 3. The summed E-state index contributed by atoms with van der Waals surface area (Å²) in [5.74, 6) is 0.719. The first kappa shape index (κ1) is 29.1. The first-order valence-electron chi connectivity index (χ1n) is 10.3. The third kappa shape index (κ3) is 12.6. The zero-order valence-corrected chi connectivity index (χ0v) is 20.7. The summed E-state index contributed by atoms with van der Waals surface area (Å²) in [6.45, 7) is 2.36. The molecule has 31 heavy (non-hydrogen) atoms. The number of nitrogens with one attached hydrogen (secondary N) is 2. The number of hydrogen-bond donors (Lipinski definition) is 2. The molecule has 178 valence electrons. The minimum absolute atomic E-state index is 0. The maximum atomic E-state index is 12.8. The molecule has 0 saturated heterocycles. The molecule has 1 rings (SSSR count). The van der Waals surface area contributed by atoms with Crippen molar-refractivity contribution < 1.29 is 27.8 Å². The van der Waals surface area contributed by atoms with Gasteiger partial charge in [-0.05, 0) is 32.8 Å². The first-order valence-corrected chi connectivity index (χ1v) is 10.3. The molecule has 1 aromatic rings. The van der Waals surface area contributed by atoms with Crippen LogP contribution in [0.2, 0.25) is 0 Å². The molecular formula is C21H34F2IN3O4. The molecule has 1 aromatic carbocycles. The van der Waals surface area contributed by atoms with Crippen LogP contribution in [0.1, 0.15) is 51.5 Å². The Balaban J connectivity index is 0.00000900. The van der Waals surface area contributed by atoms with Crippen molar-refractivity contribution >= 4 is 35.9 Å². The molecule has 0 saturated carbocycles. The average molecular weight is 557 g/mol. The van der Waals surface area contributed by atoms with Gasteiger partial charge in [-0.3, -0.25) is 9.79 Å². The fraction of sp³-hybridized carbons (Fsp3) is 0.619. The van der Waals surface area contributed by atoms with Crippen LogP contribution in [0.5, 0.6) is 11.5 Å². The van der Waals surface area contributed by atoms with Crippen molar-refractivity contribution in [2.24, 2.45) is 4.99 Å². The molecule has 0 aliphatic rings. The minimum atomic E-state index is -2.94. The smallest absolute Gasteiger partial charge is 0.387 e. The lowest BCUT2D eigenvalue weighted by atomic mass is 10.1. The number of carbonyl (C=O) groups is 1. The lowest BCUT2D eigenvalue weighted by Gasteiger charge is -2.17. The predicted molar refractivity (Wildman–Crippen MR) is 128 cm³/mol. The number of guanidine groups is 1. The summed E-state index contributed by atoms with van der Waals surface area (Å²) in [6, 6.07) is 5.02. The van der Waals surface area contributed by atoms with Crippen molar-refractivity contribution in [1.82, 2.24) is 10.6 Å². The largest absolute Gasteiger partial charge is 0.490 e. The molecule has 7 nitrogen and oxygen atoms in total. The summed E-state index contributed by atoms with van der Waals surface area (Å²) in [5.41, 5.74) is 0.545. The highest BCUT2D eigenvalue weighted by Crippen LogP contribution is 2.32. The topological polar surface area (TPSA) is 81.2 Å². The SMILES string of the molecule is CCOC(=O)CCCCCCNC(=NC)NCc1cccc(OCC)c1OC(F)F.I. The van der Waals surface area contributed by atoms with Crippen molar-refractivity contribution in [3.05, 3.63) is 23.8 Å². The summed E-state index contributed by atoms with van der Waals surface area (Å²) < 4.78 is 40.6. The predicted octanol–water partition coefficient (Wildman–Crippen LogP) is 4.48. The third-order valence-electron chi connectivity index (χ3n) is 4.14. The molecule has 0 unspecified atom stereocenters. The van der Waals surface area contributed by atoms with E-state index >= 15 is 0 Å². The average Bonchev–Trinajstić information content (AvgIpc) is 2.71. The van der Waals surface area contributed by atoms with Gasteiger partial charge >= 0.3 is 12.6 Å². The molecule has 0 atom stereocenters. The van der Waals surface area contributed by atoms with E-state index in [1.54, 1.807) is 39.1 Å². The number of para-hydroxylation sites is 1. The van der Waals surface area contributed by atoms with Gasteiger partial charge in [-0.15, -0.1) is 24.0 Å². The van der Waals surface area contributed by atoms with Gasteiger partial charge in [0, 0.05) is 32.1 Å². The van der Waals surface area contributed by atoms with Crippen molar-refractivity contribution in [3.8, 4) is 11.5 Å². The molecule has 0 fully saturated rings.